The van der Waals surface area contributed by atoms with Gasteiger partial charge in [-0.3, -0.25) is 14.4 Å². The summed E-state index contributed by atoms with van der Waals surface area (Å²) >= 11 is 18.5. The number of carbonyl (C=O) groups is 3. The topological polar surface area (TPSA) is 69.7 Å². The Bertz CT molecular complexity index is 1130. The van der Waals surface area contributed by atoms with E-state index < -0.39 is 5.41 Å². The van der Waals surface area contributed by atoms with Gasteiger partial charge in [-0.25, -0.2) is 0 Å². The second-order valence-corrected chi connectivity index (χ2v) is 10.6. The number of amides is 2. The minimum absolute atomic E-state index is 0.115. The van der Waals surface area contributed by atoms with E-state index in [-0.39, 0.29) is 29.6 Å². The first-order chi connectivity index (χ1) is 16.6. The Kier molecular flexibility index (Phi) is 7.77. The molecule has 9 heteroatoms. The first kappa shape index (κ1) is 26.0. The molecular weight excluding hydrogens is 509 g/mol. The molecule has 0 radical (unpaired) electrons. The summed E-state index contributed by atoms with van der Waals surface area (Å²) in [4.78, 5) is 43.0. The molecule has 2 aliphatic rings. The van der Waals surface area contributed by atoms with E-state index in [0.717, 1.165) is 5.56 Å². The number of carbonyl (C=O) groups excluding carboxylic acids is 3. The monoisotopic (exact) mass is 535 g/mol. The molecule has 2 aliphatic heterocycles. The average Bonchev–Trinajstić information content (AvgIpc) is 3.36. The van der Waals surface area contributed by atoms with E-state index in [4.69, 9.17) is 34.8 Å². The van der Waals surface area contributed by atoms with E-state index in [1.807, 2.05) is 6.07 Å². The highest BCUT2D eigenvalue weighted by molar-refractivity contribution is 6.42. The molecular formula is C26H28Cl3N3O3. The molecule has 3 atom stereocenters. The van der Waals surface area contributed by atoms with Crippen molar-refractivity contribution in [1.29, 1.82) is 0 Å². The molecule has 4 rings (SSSR count). The Balaban J connectivity index is 1.65. The van der Waals surface area contributed by atoms with Crippen LogP contribution in [0, 0.1) is 5.41 Å². The third-order valence-electron chi connectivity index (χ3n) is 7.38. The van der Waals surface area contributed by atoms with Crippen molar-refractivity contribution in [2.45, 2.75) is 31.7 Å². The fourth-order valence-electron chi connectivity index (χ4n) is 5.23. The van der Waals surface area contributed by atoms with Crippen LogP contribution >= 0.6 is 34.8 Å². The second-order valence-electron chi connectivity index (χ2n) is 9.38. The van der Waals surface area contributed by atoms with Crippen LogP contribution in [0.3, 0.4) is 0 Å². The molecule has 0 bridgehead atoms. The molecule has 0 spiro atoms. The highest BCUT2D eigenvalue weighted by Gasteiger charge is 2.49. The summed E-state index contributed by atoms with van der Waals surface area (Å²) in [6.07, 6.45) is 1.06. The molecule has 2 amide bonds. The smallest absolute Gasteiger partial charge is 0.253 e. The Morgan fingerprint density at radius 2 is 1.77 bits per heavy atom. The number of halogens is 3. The van der Waals surface area contributed by atoms with Crippen molar-refractivity contribution in [3.63, 3.8) is 0 Å². The fraction of sp³-hybridized carbons (Fsp3) is 0.423. The van der Waals surface area contributed by atoms with E-state index in [9.17, 15) is 14.4 Å². The zero-order valence-electron chi connectivity index (χ0n) is 19.7. The van der Waals surface area contributed by atoms with Crippen LogP contribution in [0.15, 0.2) is 42.5 Å². The summed E-state index contributed by atoms with van der Waals surface area (Å²) in [5, 5.41) is 4.59. The van der Waals surface area contributed by atoms with Crippen LogP contribution in [-0.2, 0) is 9.59 Å². The molecule has 0 aromatic heterocycles. The van der Waals surface area contributed by atoms with E-state index in [1.54, 1.807) is 53.2 Å². The van der Waals surface area contributed by atoms with Gasteiger partial charge in [0.25, 0.3) is 5.91 Å². The largest absolute Gasteiger partial charge is 0.341 e. The Labute approximate surface area is 220 Å². The number of nitrogens with zero attached hydrogens (tertiary/aromatic N) is 2. The summed E-state index contributed by atoms with van der Waals surface area (Å²) in [6, 6.07) is 12.0. The molecule has 1 N–H and O–H groups in total. The van der Waals surface area contributed by atoms with Crippen LogP contribution < -0.4 is 5.32 Å². The third-order valence-corrected chi connectivity index (χ3v) is 8.37. The first-order valence-electron chi connectivity index (χ1n) is 11.6. The van der Waals surface area contributed by atoms with Crippen molar-refractivity contribution >= 4 is 52.4 Å². The molecule has 6 nitrogen and oxygen atoms in total. The number of Topliss-reactive ketones (excluding diaryl/α,β-unsaturated/α-hetero) is 1. The molecule has 35 heavy (non-hydrogen) atoms. The standard InChI is InChI=1S/C26H28Cl3N3O3/c1-16(33)26(10-11-30-15-26)25(35)32-12-9-23(20(14-32)18-5-8-21(28)22(29)13-18)31(2)24(34)17-3-6-19(27)7-4-17/h3-8,13,20,23,30H,9-12,14-15H2,1-2H3/t20-,23+,26+/m0/s1. The van der Waals surface area contributed by atoms with Crippen molar-refractivity contribution < 1.29 is 14.4 Å². The highest BCUT2D eigenvalue weighted by atomic mass is 35.5. The molecule has 2 aromatic rings. The minimum atomic E-state index is -1.03. The number of nitrogens with one attached hydrogen (secondary N) is 1. The van der Waals surface area contributed by atoms with Crippen molar-refractivity contribution in [2.24, 2.45) is 5.41 Å². The molecule has 0 aliphatic carbocycles. The van der Waals surface area contributed by atoms with Gasteiger partial charge >= 0.3 is 0 Å². The fourth-order valence-corrected chi connectivity index (χ4v) is 5.67. The highest BCUT2D eigenvalue weighted by Crippen LogP contribution is 2.37. The van der Waals surface area contributed by atoms with Gasteiger partial charge in [-0.15, -0.1) is 0 Å². The predicted molar refractivity (Wildman–Crippen MR) is 138 cm³/mol. The van der Waals surface area contributed by atoms with Crippen LogP contribution in [0.4, 0.5) is 0 Å². The number of hydrogen-bond acceptors (Lipinski definition) is 4. The van der Waals surface area contributed by atoms with Gasteiger partial charge in [-0.1, -0.05) is 40.9 Å². The van der Waals surface area contributed by atoms with Crippen LogP contribution in [0.1, 0.15) is 41.6 Å². The lowest BCUT2D eigenvalue weighted by atomic mass is 9.79. The Morgan fingerprint density at radius 3 is 2.37 bits per heavy atom. The van der Waals surface area contributed by atoms with Gasteiger partial charge in [-0.2, -0.15) is 0 Å². The Hall–Kier alpha value is -2.12. The normalized spacial score (nSPS) is 24.3. The maximum absolute atomic E-state index is 13.7. The summed E-state index contributed by atoms with van der Waals surface area (Å²) in [5.74, 6) is -0.597. The van der Waals surface area contributed by atoms with E-state index in [0.29, 0.717) is 59.7 Å². The first-order valence-corrected chi connectivity index (χ1v) is 12.8. The number of ketones is 1. The molecule has 0 saturated carbocycles. The second kappa shape index (κ2) is 10.5. The van der Waals surface area contributed by atoms with Gasteiger partial charge in [0, 0.05) is 49.2 Å². The van der Waals surface area contributed by atoms with Crippen molar-refractivity contribution in [2.75, 3.05) is 33.2 Å². The molecule has 2 aromatic carbocycles. The number of rotatable bonds is 5. The molecule has 2 fully saturated rings. The molecule has 2 saturated heterocycles. The van der Waals surface area contributed by atoms with E-state index in [1.165, 1.54) is 6.92 Å². The Morgan fingerprint density at radius 1 is 1.06 bits per heavy atom. The van der Waals surface area contributed by atoms with Crippen molar-refractivity contribution in [3.05, 3.63) is 68.7 Å². The number of likely N-dealkylation sites (tertiary alicyclic amines) is 1. The summed E-state index contributed by atoms with van der Waals surface area (Å²) in [6.45, 7) is 3.31. The number of hydrogen-bond donors (Lipinski definition) is 1. The average molecular weight is 537 g/mol. The lowest BCUT2D eigenvalue weighted by Crippen LogP contribution is -2.56. The van der Waals surface area contributed by atoms with Crippen LogP contribution in [-0.4, -0.2) is 66.7 Å². The third kappa shape index (κ3) is 5.08. The number of benzene rings is 2. The van der Waals surface area contributed by atoms with Gasteiger partial charge in [-0.05, 0) is 68.3 Å². The number of piperidine rings is 1. The van der Waals surface area contributed by atoms with Crippen LogP contribution in [0.25, 0.3) is 0 Å². The van der Waals surface area contributed by atoms with Gasteiger partial charge in [0.05, 0.1) is 10.0 Å². The van der Waals surface area contributed by atoms with Gasteiger partial charge < -0.3 is 15.1 Å². The van der Waals surface area contributed by atoms with Crippen molar-refractivity contribution in [1.82, 2.24) is 15.1 Å². The minimum Gasteiger partial charge on any atom is -0.341 e. The SMILES string of the molecule is CC(=O)[C@@]1(C(=O)N2CC[C@@H](N(C)C(=O)c3ccc(Cl)cc3)[C@H](c3ccc(Cl)c(Cl)c3)C2)CCNC1. The number of likely N-dealkylation sites (N-methyl/N-ethyl adjacent to an activating group) is 1. The predicted octanol–water partition coefficient (Wildman–Crippen LogP) is 4.67. The van der Waals surface area contributed by atoms with Crippen LogP contribution in [0.2, 0.25) is 15.1 Å². The zero-order chi connectivity index (χ0) is 25.3. The zero-order valence-corrected chi connectivity index (χ0v) is 22.0. The van der Waals surface area contributed by atoms with Gasteiger partial charge in [0.15, 0.2) is 0 Å². The molecule has 2 heterocycles. The van der Waals surface area contributed by atoms with Crippen molar-refractivity contribution in [3.8, 4) is 0 Å². The maximum atomic E-state index is 13.7. The maximum Gasteiger partial charge on any atom is 0.253 e. The summed E-state index contributed by atoms with van der Waals surface area (Å²) < 4.78 is 0. The lowest BCUT2D eigenvalue weighted by molar-refractivity contribution is -0.149. The van der Waals surface area contributed by atoms with E-state index >= 15 is 0 Å². The molecule has 186 valence electrons. The molecule has 0 unspecified atom stereocenters. The van der Waals surface area contributed by atoms with Gasteiger partial charge in [0.2, 0.25) is 5.91 Å². The van der Waals surface area contributed by atoms with Gasteiger partial charge in [0.1, 0.15) is 11.2 Å². The van der Waals surface area contributed by atoms with E-state index in [2.05, 4.69) is 5.32 Å². The lowest BCUT2D eigenvalue weighted by Gasteiger charge is -2.45. The summed E-state index contributed by atoms with van der Waals surface area (Å²) in [5.41, 5.74) is 0.398. The summed E-state index contributed by atoms with van der Waals surface area (Å²) in [7, 11) is 1.78. The van der Waals surface area contributed by atoms with Crippen LogP contribution in [0.5, 0.6) is 0 Å². The quantitative estimate of drug-likeness (QED) is 0.564.